The summed E-state index contributed by atoms with van der Waals surface area (Å²) in [7, 11) is 3.97. The number of aliphatic hydroxyl groups excluding tert-OH is 1. The highest BCUT2D eigenvalue weighted by Gasteiger charge is 2.23. The summed E-state index contributed by atoms with van der Waals surface area (Å²) in [5.41, 5.74) is 7.39. The summed E-state index contributed by atoms with van der Waals surface area (Å²) < 4.78 is 10.2. The van der Waals surface area contributed by atoms with E-state index in [4.69, 9.17) is 14.8 Å². The van der Waals surface area contributed by atoms with Gasteiger partial charge in [0.2, 0.25) is 5.88 Å². The molecule has 0 fully saturated rings. The molecule has 184 valence electrons. The lowest BCUT2D eigenvalue weighted by Crippen LogP contribution is -2.32. The maximum atomic E-state index is 9.65. The van der Waals surface area contributed by atoms with Gasteiger partial charge in [-0.15, -0.1) is 0 Å². The lowest BCUT2D eigenvalue weighted by Gasteiger charge is -2.23. The number of nitrogens with one attached hydrogen (secondary N) is 1. The number of likely N-dealkylation sites (N-methyl/N-ethyl adjacent to an activating group) is 1. The first-order valence-electron chi connectivity index (χ1n) is 12.0. The lowest BCUT2D eigenvalue weighted by atomic mass is 10.1. The Bertz CT molecular complexity index is 1400. The summed E-state index contributed by atoms with van der Waals surface area (Å²) in [5, 5.41) is 27.7. The predicted octanol–water partition coefficient (Wildman–Crippen LogP) is 2.80. The van der Waals surface area contributed by atoms with E-state index in [0.29, 0.717) is 25.5 Å². The normalized spacial score (nSPS) is 17.6. The van der Waals surface area contributed by atoms with Crippen LogP contribution in [0.3, 0.4) is 0 Å². The molecule has 2 N–H and O–H groups in total. The Balaban J connectivity index is 1.71. The molecule has 10 heteroatoms. The molecule has 4 aromatic rings. The largest absolute Gasteiger partial charge is 0.473 e. The first-order chi connectivity index (χ1) is 16.9. The topological polar surface area (TPSA) is 110 Å². The number of hydrogen-bond donors (Lipinski definition) is 2. The van der Waals surface area contributed by atoms with E-state index in [1.54, 1.807) is 4.68 Å². The van der Waals surface area contributed by atoms with Gasteiger partial charge in [-0.25, -0.2) is 4.68 Å². The summed E-state index contributed by atoms with van der Waals surface area (Å²) in [6.45, 7) is 8.00. The van der Waals surface area contributed by atoms with Crippen LogP contribution in [-0.2, 0) is 26.6 Å². The van der Waals surface area contributed by atoms with Crippen LogP contribution in [0.5, 0.6) is 5.88 Å². The van der Waals surface area contributed by atoms with E-state index < -0.39 is 0 Å². The lowest BCUT2D eigenvalue weighted by molar-refractivity contribution is 0.146. The zero-order chi connectivity index (χ0) is 24.7. The minimum Gasteiger partial charge on any atom is -0.473 e. The van der Waals surface area contributed by atoms with E-state index in [9.17, 15) is 5.11 Å². The van der Waals surface area contributed by atoms with Gasteiger partial charge >= 0.3 is 0 Å². The van der Waals surface area contributed by atoms with Crippen LogP contribution in [0.4, 0.5) is 0 Å². The highest BCUT2D eigenvalue weighted by Crippen LogP contribution is 2.34. The van der Waals surface area contributed by atoms with Crippen molar-refractivity contribution in [2.45, 2.75) is 46.4 Å². The van der Waals surface area contributed by atoms with Gasteiger partial charge in [0.1, 0.15) is 6.10 Å². The Morgan fingerprint density at radius 3 is 2.83 bits per heavy atom. The molecule has 0 aliphatic carbocycles. The molecule has 5 rings (SSSR count). The maximum Gasteiger partial charge on any atom is 0.221 e. The number of aromatic nitrogens is 7. The first-order valence-corrected chi connectivity index (χ1v) is 12.0. The Kier molecular flexibility index (Phi) is 6.16. The molecule has 5 heterocycles. The van der Waals surface area contributed by atoms with Gasteiger partial charge in [0.15, 0.2) is 0 Å². The second kappa shape index (κ2) is 9.27. The van der Waals surface area contributed by atoms with Gasteiger partial charge in [0.25, 0.3) is 0 Å². The Hall–Kier alpha value is -3.50. The van der Waals surface area contributed by atoms with Crippen LogP contribution in [0.25, 0.3) is 34.3 Å². The van der Waals surface area contributed by atoms with Gasteiger partial charge < -0.3 is 9.84 Å². The number of H-pyrrole nitrogens is 1. The van der Waals surface area contributed by atoms with Gasteiger partial charge in [-0.3, -0.25) is 19.7 Å². The summed E-state index contributed by atoms with van der Waals surface area (Å²) >= 11 is 0. The maximum absolute atomic E-state index is 9.65. The molecule has 0 saturated carbocycles. The van der Waals surface area contributed by atoms with Crippen LogP contribution in [0.1, 0.15) is 42.2 Å². The third-order valence-electron chi connectivity index (χ3n) is 6.43. The van der Waals surface area contributed by atoms with Crippen molar-refractivity contribution < 1.29 is 9.84 Å². The molecule has 0 radical (unpaired) electrons. The summed E-state index contributed by atoms with van der Waals surface area (Å²) in [6.07, 6.45) is 6.64. The van der Waals surface area contributed by atoms with E-state index in [1.165, 1.54) is 0 Å². The number of hydrogen-bond acceptors (Lipinski definition) is 7. The monoisotopic (exact) mass is 476 g/mol. The third kappa shape index (κ3) is 4.23. The molecule has 4 aromatic heterocycles. The molecule has 2 bridgehead atoms. The zero-order valence-corrected chi connectivity index (χ0v) is 20.9. The average Bonchev–Trinajstić information content (AvgIpc) is 3.45. The van der Waals surface area contributed by atoms with Crippen LogP contribution >= 0.6 is 0 Å². The van der Waals surface area contributed by atoms with Gasteiger partial charge in [0, 0.05) is 31.1 Å². The number of nitrogens with zero attached hydrogens (tertiary/aromatic N) is 7. The van der Waals surface area contributed by atoms with E-state index in [0.717, 1.165) is 56.9 Å². The van der Waals surface area contributed by atoms with Gasteiger partial charge in [0.05, 0.1) is 58.9 Å². The number of rotatable bonds is 3. The second-order valence-corrected chi connectivity index (χ2v) is 9.18. The minimum atomic E-state index is -0.0919. The number of aliphatic hydroxyl groups is 1. The molecular weight excluding hydrogens is 444 g/mol. The molecule has 0 amide bonds. The number of aromatic amines is 1. The van der Waals surface area contributed by atoms with Crippen molar-refractivity contribution in [1.82, 2.24) is 39.6 Å². The molecule has 0 unspecified atom stereocenters. The Labute approximate surface area is 204 Å². The fraction of sp³-hybridized carbons (Fsp3) is 0.440. The molecule has 1 atom stereocenters. The predicted molar refractivity (Wildman–Crippen MR) is 135 cm³/mol. The summed E-state index contributed by atoms with van der Waals surface area (Å²) in [5.74, 6) is 0.699. The van der Waals surface area contributed by atoms with Crippen molar-refractivity contribution in [3.63, 3.8) is 0 Å². The standard InChI is InChI=1S/C25H32N8O2/c1-6-19-17-7-8-20-18-11-21(26-12-22(18)28-27-20)24-16(3)29-32(5)25(24)35-15(2)13-31(4)14-23(17)33(30-19)9-10-34/h7-8,11-12,15,34H,6,9-10,13-14H2,1-5H3,(H,27,28)/b8-7+/t15-/m0/s1. The molecule has 0 spiro atoms. The fourth-order valence-corrected chi connectivity index (χ4v) is 4.88. The van der Waals surface area contributed by atoms with Crippen molar-refractivity contribution in [3.8, 4) is 17.1 Å². The highest BCUT2D eigenvalue weighted by atomic mass is 16.5. The number of ether oxygens (including phenoxy) is 1. The zero-order valence-electron chi connectivity index (χ0n) is 20.9. The summed E-state index contributed by atoms with van der Waals surface area (Å²) in [4.78, 5) is 6.92. The molecular formula is C25H32N8O2. The van der Waals surface area contributed by atoms with Crippen molar-refractivity contribution in [2.24, 2.45) is 7.05 Å². The fourth-order valence-electron chi connectivity index (χ4n) is 4.88. The third-order valence-corrected chi connectivity index (χ3v) is 6.43. The van der Waals surface area contributed by atoms with Gasteiger partial charge in [-0.1, -0.05) is 6.92 Å². The highest BCUT2D eigenvalue weighted by molar-refractivity contribution is 5.92. The van der Waals surface area contributed by atoms with Crippen LogP contribution in [-0.4, -0.2) is 71.1 Å². The average molecular weight is 477 g/mol. The number of fused-ring (bicyclic) bond motifs is 4. The van der Waals surface area contributed by atoms with Crippen LogP contribution in [0.15, 0.2) is 12.3 Å². The van der Waals surface area contributed by atoms with E-state index in [-0.39, 0.29) is 12.7 Å². The van der Waals surface area contributed by atoms with Gasteiger partial charge in [-0.2, -0.15) is 15.3 Å². The van der Waals surface area contributed by atoms with E-state index in [2.05, 4.69) is 47.2 Å². The molecule has 0 aromatic carbocycles. The van der Waals surface area contributed by atoms with Crippen molar-refractivity contribution in [2.75, 3.05) is 20.2 Å². The molecule has 1 aliphatic heterocycles. The van der Waals surface area contributed by atoms with E-state index in [1.807, 2.05) is 37.0 Å². The number of pyridine rings is 1. The van der Waals surface area contributed by atoms with Crippen molar-refractivity contribution >= 4 is 23.1 Å². The van der Waals surface area contributed by atoms with Crippen LogP contribution in [0.2, 0.25) is 0 Å². The SMILES string of the molecule is CCc1nn(CCO)c2c1/C=C/c1n[nH]c3cnc(cc13)-c1c(C)nn(C)c1O[C@@H](C)CN(C)C2. The molecule has 0 saturated heterocycles. The minimum absolute atomic E-state index is 0.0343. The Morgan fingerprint density at radius 2 is 2.06 bits per heavy atom. The van der Waals surface area contributed by atoms with Crippen molar-refractivity contribution in [3.05, 3.63) is 40.6 Å². The van der Waals surface area contributed by atoms with E-state index >= 15 is 0 Å². The smallest absolute Gasteiger partial charge is 0.221 e. The van der Waals surface area contributed by atoms with Crippen LogP contribution in [0, 0.1) is 6.92 Å². The molecule has 1 aliphatic rings. The van der Waals surface area contributed by atoms with Crippen molar-refractivity contribution in [1.29, 1.82) is 0 Å². The second-order valence-electron chi connectivity index (χ2n) is 9.18. The molecule has 35 heavy (non-hydrogen) atoms. The quantitative estimate of drug-likeness (QED) is 0.468. The van der Waals surface area contributed by atoms with Gasteiger partial charge in [-0.05, 0) is 45.5 Å². The Morgan fingerprint density at radius 1 is 1.23 bits per heavy atom. The van der Waals surface area contributed by atoms with Crippen LogP contribution < -0.4 is 4.74 Å². The summed E-state index contributed by atoms with van der Waals surface area (Å²) in [6, 6.07) is 2.04. The molecule has 10 nitrogen and oxygen atoms in total. The first kappa shape index (κ1) is 23.3. The number of aryl methyl sites for hydroxylation is 3.